The molecule has 20 heavy (non-hydrogen) atoms. The lowest BCUT2D eigenvalue weighted by Crippen LogP contribution is -2.00. The lowest BCUT2D eigenvalue weighted by Gasteiger charge is -2.11. The largest absolute Gasteiger partial charge is 0.488 e. The van der Waals surface area contributed by atoms with Gasteiger partial charge in [0, 0.05) is 25.6 Å². The van der Waals surface area contributed by atoms with Crippen LogP contribution in [0.4, 0.5) is 0 Å². The van der Waals surface area contributed by atoms with Crippen LogP contribution in [0.1, 0.15) is 11.1 Å². The molecule has 3 nitrogen and oxygen atoms in total. The topological polar surface area (TPSA) is 41.8 Å². The molecule has 1 N–H and O–H groups in total. The van der Waals surface area contributed by atoms with Crippen LogP contribution in [-0.2, 0) is 6.61 Å². The van der Waals surface area contributed by atoms with Gasteiger partial charge >= 0.3 is 0 Å². The summed E-state index contributed by atoms with van der Waals surface area (Å²) in [6.45, 7) is 0.229. The van der Waals surface area contributed by atoms with Crippen LogP contribution in [0.5, 0.6) is 5.75 Å². The van der Waals surface area contributed by atoms with Crippen LogP contribution in [0.3, 0.4) is 0 Å². The molecule has 0 aliphatic carbocycles. The summed E-state index contributed by atoms with van der Waals surface area (Å²) in [6.07, 6.45) is 1.30. The summed E-state index contributed by atoms with van der Waals surface area (Å²) in [5.74, 6) is 0.571. The molecule has 0 radical (unpaired) electrons. The summed E-state index contributed by atoms with van der Waals surface area (Å²) < 4.78 is 6.56. The monoisotopic (exact) mass is 373 g/mol. The number of nitrogens with zero attached hydrogens (tertiary/aromatic N) is 1. The highest BCUT2D eigenvalue weighted by atomic mass is 79.9. The Kier molecular flexibility index (Phi) is 5.29. The first-order chi connectivity index (χ1) is 9.61. The Hall–Kier alpha value is -1.23. The normalized spacial score (nSPS) is 10.9. The van der Waals surface area contributed by atoms with Crippen molar-refractivity contribution in [3.63, 3.8) is 0 Å². The van der Waals surface area contributed by atoms with Crippen molar-refractivity contribution in [3.8, 4) is 5.75 Å². The number of ether oxygens (including phenoxy) is 1. The van der Waals surface area contributed by atoms with E-state index < -0.39 is 0 Å². The maximum atomic E-state index is 8.66. The van der Waals surface area contributed by atoms with E-state index in [1.807, 2.05) is 6.07 Å². The van der Waals surface area contributed by atoms with Crippen molar-refractivity contribution < 1.29 is 9.94 Å². The highest BCUT2D eigenvalue weighted by Crippen LogP contribution is 2.27. The standard InChI is InChI=1S/C14H10BrCl2NO2/c15-10-4-5-14(9(6-10)7-18-19)20-8-11-12(16)2-1-3-13(11)17/h1-7,19H,8H2. The van der Waals surface area contributed by atoms with Gasteiger partial charge in [-0.2, -0.15) is 0 Å². The number of benzene rings is 2. The van der Waals surface area contributed by atoms with E-state index in [-0.39, 0.29) is 6.61 Å². The SMILES string of the molecule is ON=Cc1cc(Br)ccc1OCc1c(Cl)cccc1Cl. The summed E-state index contributed by atoms with van der Waals surface area (Å²) in [6, 6.07) is 10.7. The van der Waals surface area contributed by atoms with E-state index in [0.717, 1.165) is 4.47 Å². The predicted octanol–water partition coefficient (Wildman–Crippen LogP) is 5.14. The van der Waals surface area contributed by atoms with Crippen LogP contribution in [0.25, 0.3) is 0 Å². The van der Waals surface area contributed by atoms with E-state index in [9.17, 15) is 0 Å². The van der Waals surface area contributed by atoms with Crippen LogP contribution in [0.15, 0.2) is 46.0 Å². The number of hydrogen-bond donors (Lipinski definition) is 1. The third kappa shape index (κ3) is 3.66. The highest BCUT2D eigenvalue weighted by molar-refractivity contribution is 9.10. The summed E-state index contributed by atoms with van der Waals surface area (Å²) >= 11 is 15.5. The fraction of sp³-hybridized carbons (Fsp3) is 0.0714. The third-order valence-electron chi connectivity index (χ3n) is 2.60. The maximum absolute atomic E-state index is 8.66. The van der Waals surface area contributed by atoms with Gasteiger partial charge in [0.05, 0.1) is 6.21 Å². The molecule has 0 spiro atoms. The summed E-state index contributed by atoms with van der Waals surface area (Å²) in [5.41, 5.74) is 1.36. The van der Waals surface area contributed by atoms with Gasteiger partial charge in [-0.25, -0.2) is 0 Å². The quantitative estimate of drug-likeness (QED) is 0.457. The molecule has 6 heteroatoms. The molecule has 0 aliphatic heterocycles. The minimum absolute atomic E-state index is 0.229. The molecule has 0 amide bonds. The first-order valence-electron chi connectivity index (χ1n) is 5.64. The van der Waals surface area contributed by atoms with E-state index in [1.54, 1.807) is 30.3 Å². The van der Waals surface area contributed by atoms with Gasteiger partial charge in [0.25, 0.3) is 0 Å². The average molecular weight is 375 g/mol. The van der Waals surface area contributed by atoms with Crippen molar-refractivity contribution >= 4 is 45.3 Å². The summed E-state index contributed by atoms with van der Waals surface area (Å²) in [7, 11) is 0. The molecule has 0 aliphatic rings. The van der Waals surface area contributed by atoms with Gasteiger partial charge in [-0.05, 0) is 30.3 Å². The van der Waals surface area contributed by atoms with Crippen LogP contribution in [0.2, 0.25) is 10.0 Å². The van der Waals surface area contributed by atoms with Crippen molar-refractivity contribution in [2.75, 3.05) is 0 Å². The molecule has 0 bridgehead atoms. The highest BCUT2D eigenvalue weighted by Gasteiger charge is 2.08. The third-order valence-corrected chi connectivity index (χ3v) is 3.80. The fourth-order valence-corrected chi connectivity index (χ4v) is 2.52. The molecule has 2 aromatic carbocycles. The molecule has 0 unspecified atom stereocenters. The van der Waals surface area contributed by atoms with Gasteiger partial charge in [-0.1, -0.05) is 50.4 Å². The molecule has 0 heterocycles. The number of rotatable bonds is 4. The van der Waals surface area contributed by atoms with E-state index >= 15 is 0 Å². The molecule has 0 aromatic heterocycles. The van der Waals surface area contributed by atoms with Crippen molar-refractivity contribution in [1.82, 2.24) is 0 Å². The zero-order valence-corrected chi connectivity index (χ0v) is 13.3. The molecule has 2 aromatic rings. The van der Waals surface area contributed by atoms with Gasteiger partial charge in [-0.3, -0.25) is 0 Å². The van der Waals surface area contributed by atoms with Crippen molar-refractivity contribution in [1.29, 1.82) is 0 Å². The average Bonchev–Trinajstić information content (AvgIpc) is 2.40. The Bertz CT molecular complexity index is 627. The van der Waals surface area contributed by atoms with Crippen molar-refractivity contribution in [2.24, 2.45) is 5.16 Å². The maximum Gasteiger partial charge on any atom is 0.128 e. The molecule has 0 saturated heterocycles. The molecular formula is C14H10BrCl2NO2. The van der Waals surface area contributed by atoms with Gasteiger partial charge < -0.3 is 9.94 Å². The molecule has 104 valence electrons. The smallest absolute Gasteiger partial charge is 0.128 e. The molecule has 0 fully saturated rings. The van der Waals surface area contributed by atoms with E-state index in [1.165, 1.54) is 6.21 Å². The zero-order valence-electron chi connectivity index (χ0n) is 10.2. The Morgan fingerprint density at radius 3 is 2.55 bits per heavy atom. The lowest BCUT2D eigenvalue weighted by atomic mass is 10.2. The van der Waals surface area contributed by atoms with Crippen LogP contribution >= 0.6 is 39.1 Å². The Labute approximate surface area is 134 Å². The Balaban J connectivity index is 2.23. The first-order valence-corrected chi connectivity index (χ1v) is 7.19. The van der Waals surface area contributed by atoms with Crippen LogP contribution in [0, 0.1) is 0 Å². The van der Waals surface area contributed by atoms with E-state index in [2.05, 4.69) is 21.1 Å². The number of oxime groups is 1. The minimum atomic E-state index is 0.229. The van der Waals surface area contributed by atoms with Gasteiger partial charge in [0.1, 0.15) is 12.4 Å². The fourth-order valence-electron chi connectivity index (χ4n) is 1.63. The van der Waals surface area contributed by atoms with Crippen molar-refractivity contribution in [2.45, 2.75) is 6.61 Å². The van der Waals surface area contributed by atoms with Gasteiger partial charge in [0.15, 0.2) is 0 Å². The number of halogens is 3. The molecular weight excluding hydrogens is 365 g/mol. The summed E-state index contributed by atoms with van der Waals surface area (Å²) in [5, 5.41) is 12.8. The second kappa shape index (κ2) is 6.97. The minimum Gasteiger partial charge on any atom is -0.488 e. The molecule has 0 atom stereocenters. The zero-order chi connectivity index (χ0) is 14.5. The van der Waals surface area contributed by atoms with Gasteiger partial charge in [-0.15, -0.1) is 0 Å². The Morgan fingerprint density at radius 2 is 1.90 bits per heavy atom. The van der Waals surface area contributed by atoms with Crippen molar-refractivity contribution in [3.05, 3.63) is 62.0 Å². The molecule has 0 saturated carbocycles. The van der Waals surface area contributed by atoms with E-state index in [4.69, 9.17) is 33.1 Å². The second-order valence-electron chi connectivity index (χ2n) is 3.92. The summed E-state index contributed by atoms with van der Waals surface area (Å²) in [4.78, 5) is 0. The van der Waals surface area contributed by atoms with Gasteiger partial charge in [0.2, 0.25) is 0 Å². The number of hydrogen-bond acceptors (Lipinski definition) is 3. The molecule has 2 rings (SSSR count). The van der Waals surface area contributed by atoms with E-state index in [0.29, 0.717) is 26.9 Å². The van der Waals surface area contributed by atoms with Crippen LogP contribution < -0.4 is 4.74 Å². The second-order valence-corrected chi connectivity index (χ2v) is 5.65. The Morgan fingerprint density at radius 1 is 1.20 bits per heavy atom. The lowest BCUT2D eigenvalue weighted by molar-refractivity contribution is 0.304. The first kappa shape index (κ1) is 15.2. The predicted molar refractivity (Wildman–Crippen MR) is 84.3 cm³/mol. The van der Waals surface area contributed by atoms with Crippen LogP contribution in [-0.4, -0.2) is 11.4 Å².